The van der Waals surface area contributed by atoms with Crippen molar-refractivity contribution in [1.29, 1.82) is 0 Å². The third-order valence-corrected chi connectivity index (χ3v) is 5.06. The fourth-order valence-corrected chi connectivity index (χ4v) is 3.04. The van der Waals surface area contributed by atoms with Crippen molar-refractivity contribution in [3.63, 3.8) is 0 Å². The van der Waals surface area contributed by atoms with E-state index < -0.39 is 0 Å². The fraction of sp³-hybridized carbons (Fsp3) is 0.714. The molecule has 0 heterocycles. The molecule has 0 saturated heterocycles. The molecular formula is C28H46O10. The molecular weight excluding hydrogens is 496 g/mol. The van der Waals surface area contributed by atoms with E-state index in [2.05, 4.69) is 6.92 Å². The molecule has 0 unspecified atom stereocenters. The van der Waals surface area contributed by atoms with Crippen molar-refractivity contribution in [2.24, 2.45) is 0 Å². The lowest BCUT2D eigenvalue weighted by atomic mass is 10.2. The topological polar surface area (TPSA) is 108 Å². The van der Waals surface area contributed by atoms with Gasteiger partial charge in [-0.15, -0.1) is 0 Å². The van der Waals surface area contributed by atoms with Crippen molar-refractivity contribution >= 4 is 11.9 Å². The largest absolute Gasteiger partial charge is 0.463 e. The zero-order valence-electron chi connectivity index (χ0n) is 22.9. The van der Waals surface area contributed by atoms with Gasteiger partial charge in [0.1, 0.15) is 13.2 Å². The van der Waals surface area contributed by atoms with E-state index in [0.29, 0.717) is 91.3 Å². The van der Waals surface area contributed by atoms with E-state index in [9.17, 15) is 9.59 Å². The molecule has 10 nitrogen and oxygen atoms in total. The SMILES string of the molecule is CCCCCCC(=O)OCCOCCOCCOCCOCCOCCOCCOC(=O)c1ccccc1. The number of carbonyl (C=O) groups excluding carboxylic acids is 2. The van der Waals surface area contributed by atoms with Gasteiger partial charge in [-0.2, -0.15) is 0 Å². The molecule has 10 heteroatoms. The number of esters is 2. The standard InChI is InChI=1S/C28H46O10/c1-2-3-4-8-11-27(29)37-24-22-35-20-18-33-16-14-31-12-13-32-15-17-34-19-21-36-23-25-38-28(30)26-9-6-5-7-10-26/h5-7,9-10H,2-4,8,11-25H2,1H3. The Morgan fingerprint density at radius 2 is 0.947 bits per heavy atom. The van der Waals surface area contributed by atoms with Gasteiger partial charge >= 0.3 is 11.9 Å². The summed E-state index contributed by atoms with van der Waals surface area (Å²) in [6.45, 7) is 7.95. The summed E-state index contributed by atoms with van der Waals surface area (Å²) in [6, 6.07) is 8.84. The molecule has 0 N–H and O–H groups in total. The maximum absolute atomic E-state index is 11.7. The van der Waals surface area contributed by atoms with E-state index in [4.69, 9.17) is 37.9 Å². The maximum atomic E-state index is 11.7. The molecule has 0 radical (unpaired) electrons. The van der Waals surface area contributed by atoms with E-state index in [1.807, 2.05) is 6.07 Å². The first-order chi connectivity index (χ1) is 18.7. The van der Waals surface area contributed by atoms with E-state index >= 15 is 0 Å². The first-order valence-electron chi connectivity index (χ1n) is 13.6. The summed E-state index contributed by atoms with van der Waals surface area (Å²) < 4.78 is 42.7. The quantitative estimate of drug-likeness (QED) is 0.121. The van der Waals surface area contributed by atoms with Crippen LogP contribution in [0.4, 0.5) is 0 Å². The number of hydrogen-bond donors (Lipinski definition) is 0. The third-order valence-electron chi connectivity index (χ3n) is 5.06. The summed E-state index contributed by atoms with van der Waals surface area (Å²) in [5.41, 5.74) is 0.525. The summed E-state index contributed by atoms with van der Waals surface area (Å²) in [6.07, 6.45) is 4.75. The van der Waals surface area contributed by atoms with Crippen LogP contribution in [0.3, 0.4) is 0 Å². The fourth-order valence-electron chi connectivity index (χ4n) is 3.04. The highest BCUT2D eigenvalue weighted by molar-refractivity contribution is 5.89. The van der Waals surface area contributed by atoms with Gasteiger partial charge in [0, 0.05) is 6.42 Å². The molecule has 0 saturated carbocycles. The Labute approximate surface area is 227 Å². The average Bonchev–Trinajstić information content (AvgIpc) is 2.94. The number of ether oxygens (including phenoxy) is 8. The molecule has 0 bridgehead atoms. The summed E-state index contributed by atoms with van der Waals surface area (Å²) in [4.78, 5) is 23.3. The highest BCUT2D eigenvalue weighted by Crippen LogP contribution is 2.03. The van der Waals surface area contributed by atoms with Crippen molar-refractivity contribution in [3.05, 3.63) is 35.9 Å². The van der Waals surface area contributed by atoms with Crippen LogP contribution in [0.1, 0.15) is 49.4 Å². The highest BCUT2D eigenvalue weighted by Gasteiger charge is 2.05. The van der Waals surface area contributed by atoms with Gasteiger partial charge in [-0.1, -0.05) is 44.4 Å². The van der Waals surface area contributed by atoms with Gasteiger partial charge < -0.3 is 37.9 Å². The van der Waals surface area contributed by atoms with Gasteiger partial charge in [0.2, 0.25) is 0 Å². The van der Waals surface area contributed by atoms with Crippen molar-refractivity contribution in [2.45, 2.75) is 39.0 Å². The highest BCUT2D eigenvalue weighted by atomic mass is 16.6. The van der Waals surface area contributed by atoms with E-state index in [1.54, 1.807) is 24.3 Å². The second kappa shape index (κ2) is 26.5. The van der Waals surface area contributed by atoms with Crippen LogP contribution in [0.5, 0.6) is 0 Å². The van der Waals surface area contributed by atoms with Crippen LogP contribution in [0.2, 0.25) is 0 Å². The number of benzene rings is 1. The Balaban J connectivity index is 1.69. The Kier molecular flexibility index (Phi) is 23.7. The molecule has 38 heavy (non-hydrogen) atoms. The number of rotatable bonds is 27. The first kappa shape index (κ1) is 33.9. The number of carbonyl (C=O) groups is 2. The lowest BCUT2D eigenvalue weighted by Crippen LogP contribution is -2.15. The zero-order chi connectivity index (χ0) is 27.4. The van der Waals surface area contributed by atoms with E-state index in [0.717, 1.165) is 25.7 Å². The predicted molar refractivity (Wildman–Crippen MR) is 141 cm³/mol. The number of unbranched alkanes of at least 4 members (excludes halogenated alkanes) is 3. The minimum atomic E-state index is -0.357. The minimum absolute atomic E-state index is 0.156. The van der Waals surface area contributed by atoms with Crippen molar-refractivity contribution in [1.82, 2.24) is 0 Å². The minimum Gasteiger partial charge on any atom is -0.463 e. The lowest BCUT2D eigenvalue weighted by Gasteiger charge is -2.09. The second-order valence-corrected chi connectivity index (χ2v) is 8.21. The van der Waals surface area contributed by atoms with Gasteiger partial charge in [-0.05, 0) is 18.6 Å². The van der Waals surface area contributed by atoms with Gasteiger partial charge in [-0.3, -0.25) is 4.79 Å². The summed E-state index contributed by atoms with van der Waals surface area (Å²) in [5.74, 6) is -0.512. The second-order valence-electron chi connectivity index (χ2n) is 8.21. The number of hydrogen-bond acceptors (Lipinski definition) is 10. The normalized spacial score (nSPS) is 11.0. The van der Waals surface area contributed by atoms with Crippen LogP contribution < -0.4 is 0 Å². The van der Waals surface area contributed by atoms with Crippen LogP contribution in [-0.4, -0.2) is 104 Å². The molecule has 0 aromatic heterocycles. The summed E-state index contributed by atoms with van der Waals surface area (Å²) in [5, 5.41) is 0. The predicted octanol–water partition coefficient (Wildman–Crippen LogP) is 3.46. The summed E-state index contributed by atoms with van der Waals surface area (Å²) >= 11 is 0. The van der Waals surface area contributed by atoms with Crippen molar-refractivity contribution in [2.75, 3.05) is 92.5 Å². The smallest absolute Gasteiger partial charge is 0.338 e. The van der Waals surface area contributed by atoms with Gasteiger partial charge in [0.25, 0.3) is 0 Å². The molecule has 0 spiro atoms. The van der Waals surface area contributed by atoms with Crippen LogP contribution in [0.25, 0.3) is 0 Å². The van der Waals surface area contributed by atoms with Crippen molar-refractivity contribution in [3.8, 4) is 0 Å². The molecule has 0 aliphatic carbocycles. The molecule has 1 rings (SSSR count). The van der Waals surface area contributed by atoms with Crippen LogP contribution in [0, 0.1) is 0 Å². The van der Waals surface area contributed by atoms with Crippen molar-refractivity contribution < 1.29 is 47.5 Å². The zero-order valence-corrected chi connectivity index (χ0v) is 22.9. The molecule has 0 atom stereocenters. The van der Waals surface area contributed by atoms with Gasteiger partial charge in [0.05, 0.1) is 84.8 Å². The van der Waals surface area contributed by atoms with E-state index in [1.165, 1.54) is 0 Å². The molecule has 0 aliphatic heterocycles. The van der Waals surface area contributed by atoms with Crippen LogP contribution >= 0.6 is 0 Å². The monoisotopic (exact) mass is 542 g/mol. The van der Waals surface area contributed by atoms with Gasteiger partial charge in [-0.25, -0.2) is 4.79 Å². The Morgan fingerprint density at radius 1 is 0.526 bits per heavy atom. The third kappa shape index (κ3) is 22.0. The molecule has 1 aromatic rings. The maximum Gasteiger partial charge on any atom is 0.338 e. The summed E-state index contributed by atoms with van der Waals surface area (Å²) in [7, 11) is 0. The van der Waals surface area contributed by atoms with Gasteiger partial charge in [0.15, 0.2) is 0 Å². The molecule has 0 fully saturated rings. The average molecular weight is 543 g/mol. The van der Waals surface area contributed by atoms with E-state index in [-0.39, 0.29) is 25.2 Å². The Morgan fingerprint density at radius 3 is 1.39 bits per heavy atom. The molecule has 1 aromatic carbocycles. The molecule has 0 aliphatic rings. The van der Waals surface area contributed by atoms with Crippen LogP contribution in [-0.2, 0) is 42.7 Å². The Hall–Kier alpha value is -2.08. The molecule has 218 valence electrons. The molecule has 0 amide bonds. The first-order valence-corrected chi connectivity index (χ1v) is 13.6. The van der Waals surface area contributed by atoms with Crippen LogP contribution in [0.15, 0.2) is 30.3 Å². The Bertz CT molecular complexity index is 671. The lowest BCUT2D eigenvalue weighted by molar-refractivity contribution is -0.145.